The standard InChI is InChI=1S/C55H100N2O15Si3/c1-42(2)48(60)68-31-29-66-46(58)19-21-54(9)37-44(35-52(5,6)39-54)56-50(62)70-27-25-64-23-17-33-73(11,12)41-75(15,16)72-74(13,14)34-18-24-65-26-28-71-51(63)57-45-36-53(7,8)40-55(10,38-45)22-20-47(59)67-30-32-69-49(61)43(3)4/h44-45H,1,3,17-41H2,2,4-16H3,(H,56,62)(H,57,63). The second-order valence-electron chi connectivity index (χ2n) is 25.7. The predicted molar refractivity (Wildman–Crippen MR) is 299 cm³/mol. The number of amides is 2. The molecule has 432 valence electrons. The second kappa shape index (κ2) is 31.1. The zero-order chi connectivity index (χ0) is 56.7. The molecule has 2 fully saturated rings. The number of rotatable bonds is 34. The van der Waals surface area contributed by atoms with Gasteiger partial charge in [0.2, 0.25) is 0 Å². The lowest BCUT2D eigenvalue weighted by atomic mass is 9.61. The number of hydrogen-bond acceptors (Lipinski definition) is 15. The Morgan fingerprint density at radius 2 is 0.867 bits per heavy atom. The van der Waals surface area contributed by atoms with Gasteiger partial charge in [-0.3, -0.25) is 9.59 Å². The van der Waals surface area contributed by atoms with Crippen LogP contribution in [0.2, 0.25) is 57.0 Å². The van der Waals surface area contributed by atoms with Crippen molar-refractivity contribution >= 4 is 60.8 Å². The van der Waals surface area contributed by atoms with Gasteiger partial charge in [-0.2, -0.15) is 0 Å². The maximum Gasteiger partial charge on any atom is 0.407 e. The Labute approximate surface area is 454 Å². The zero-order valence-electron chi connectivity index (χ0n) is 48.9. The van der Waals surface area contributed by atoms with Crippen molar-refractivity contribution in [1.82, 2.24) is 10.6 Å². The number of ether oxygens (including phenoxy) is 8. The lowest BCUT2D eigenvalue weighted by Gasteiger charge is -2.46. The summed E-state index contributed by atoms with van der Waals surface area (Å²) in [7, 11) is -5.46. The van der Waals surface area contributed by atoms with Crippen LogP contribution in [0, 0.1) is 21.7 Å². The summed E-state index contributed by atoms with van der Waals surface area (Å²) in [6.07, 6.45) is 7.49. The Kier molecular flexibility index (Phi) is 28.0. The van der Waals surface area contributed by atoms with Gasteiger partial charge in [-0.1, -0.05) is 73.8 Å². The molecule has 0 heterocycles. The van der Waals surface area contributed by atoms with Crippen LogP contribution in [-0.2, 0) is 61.2 Å². The molecular weight excluding hydrogens is 1010 g/mol. The predicted octanol–water partition coefficient (Wildman–Crippen LogP) is 11.0. The molecule has 4 unspecified atom stereocenters. The monoisotopic (exact) mass is 1110 g/mol. The number of alkyl carbamates (subject to hydrolysis) is 2. The van der Waals surface area contributed by atoms with Crippen molar-refractivity contribution in [3.05, 3.63) is 24.3 Å². The molecule has 20 heteroatoms. The number of carbonyl (C=O) groups excluding carboxylic acids is 6. The van der Waals surface area contributed by atoms with E-state index in [4.69, 9.17) is 42.0 Å². The largest absolute Gasteiger partial charge is 0.462 e. The first-order valence-electron chi connectivity index (χ1n) is 27.3. The summed E-state index contributed by atoms with van der Waals surface area (Å²) in [5, 5.41) is 6.12. The van der Waals surface area contributed by atoms with Gasteiger partial charge < -0.3 is 52.6 Å². The highest BCUT2D eigenvalue weighted by Gasteiger charge is 2.44. The van der Waals surface area contributed by atoms with Crippen LogP contribution in [0.3, 0.4) is 0 Å². The van der Waals surface area contributed by atoms with E-state index in [0.717, 1.165) is 69.1 Å². The molecule has 2 aliphatic carbocycles. The van der Waals surface area contributed by atoms with Gasteiger partial charge in [-0.15, -0.1) is 0 Å². The number of nitrogens with one attached hydrogen (secondary N) is 2. The highest BCUT2D eigenvalue weighted by atomic mass is 28.4. The molecule has 2 rings (SSSR count). The normalized spacial score (nSPS) is 21.5. The van der Waals surface area contributed by atoms with Crippen molar-refractivity contribution in [3.8, 4) is 0 Å². The average Bonchev–Trinajstić information content (AvgIpc) is 3.24. The molecule has 75 heavy (non-hydrogen) atoms. The van der Waals surface area contributed by atoms with Crippen LogP contribution in [0.1, 0.15) is 132 Å². The van der Waals surface area contributed by atoms with E-state index in [2.05, 4.69) is 105 Å². The van der Waals surface area contributed by atoms with E-state index in [0.29, 0.717) is 50.4 Å². The third-order valence-corrected chi connectivity index (χ3v) is 28.8. The smallest absolute Gasteiger partial charge is 0.407 e. The van der Waals surface area contributed by atoms with Crippen LogP contribution in [0.5, 0.6) is 0 Å². The second-order valence-corrected chi connectivity index (χ2v) is 40.3. The summed E-state index contributed by atoms with van der Waals surface area (Å²) < 4.78 is 50.3. The molecular formula is C55H100N2O15Si3. The van der Waals surface area contributed by atoms with Crippen molar-refractivity contribution in [2.24, 2.45) is 21.7 Å². The Morgan fingerprint density at radius 3 is 1.27 bits per heavy atom. The van der Waals surface area contributed by atoms with Crippen molar-refractivity contribution in [2.75, 3.05) is 66.1 Å². The van der Waals surface area contributed by atoms with E-state index in [9.17, 15) is 28.8 Å². The van der Waals surface area contributed by atoms with Crippen LogP contribution in [0.15, 0.2) is 24.3 Å². The van der Waals surface area contributed by atoms with Gasteiger partial charge in [0, 0.05) is 57.4 Å². The highest BCUT2D eigenvalue weighted by molar-refractivity contribution is 6.96. The lowest BCUT2D eigenvalue weighted by Crippen LogP contribution is -2.49. The zero-order valence-corrected chi connectivity index (χ0v) is 51.9. The lowest BCUT2D eigenvalue weighted by molar-refractivity contribution is -0.150. The molecule has 0 aliphatic heterocycles. The fraction of sp³-hybridized carbons (Fsp3) is 0.818. The van der Waals surface area contributed by atoms with E-state index < -0.39 is 48.8 Å². The third kappa shape index (κ3) is 30.2. The van der Waals surface area contributed by atoms with Gasteiger partial charge in [0.1, 0.15) is 39.6 Å². The van der Waals surface area contributed by atoms with Gasteiger partial charge in [-0.25, -0.2) is 19.2 Å². The van der Waals surface area contributed by atoms with E-state index in [-0.39, 0.29) is 98.2 Å². The summed E-state index contributed by atoms with van der Waals surface area (Å²) in [6, 6.07) is 1.93. The van der Waals surface area contributed by atoms with E-state index in [1.165, 1.54) is 0 Å². The van der Waals surface area contributed by atoms with Crippen molar-refractivity contribution in [3.63, 3.8) is 0 Å². The summed E-state index contributed by atoms with van der Waals surface area (Å²) in [5.41, 5.74) is 1.32. The topological polar surface area (TPSA) is 210 Å². The minimum atomic E-state index is -1.95. The van der Waals surface area contributed by atoms with Gasteiger partial charge in [0.25, 0.3) is 0 Å². The van der Waals surface area contributed by atoms with Crippen molar-refractivity contribution in [1.29, 1.82) is 0 Å². The summed E-state index contributed by atoms with van der Waals surface area (Å²) in [5.74, 6) is -1.71. The molecule has 2 amide bonds. The molecule has 0 saturated heterocycles. The van der Waals surface area contributed by atoms with Crippen LogP contribution in [-0.4, -0.2) is 139 Å². The van der Waals surface area contributed by atoms with Crippen molar-refractivity contribution in [2.45, 2.75) is 202 Å². The van der Waals surface area contributed by atoms with Crippen LogP contribution >= 0.6 is 0 Å². The summed E-state index contributed by atoms with van der Waals surface area (Å²) >= 11 is 0. The minimum Gasteiger partial charge on any atom is -0.462 e. The molecule has 0 radical (unpaired) electrons. The molecule has 4 atom stereocenters. The fourth-order valence-electron chi connectivity index (χ4n) is 12.0. The first-order valence-corrected chi connectivity index (χ1v) is 37.0. The van der Waals surface area contributed by atoms with Gasteiger partial charge in [0.05, 0.1) is 13.2 Å². The molecule has 0 aromatic carbocycles. The van der Waals surface area contributed by atoms with E-state index >= 15 is 0 Å². The van der Waals surface area contributed by atoms with E-state index in [1.807, 2.05) is 0 Å². The Morgan fingerprint density at radius 1 is 0.493 bits per heavy atom. The summed E-state index contributed by atoms with van der Waals surface area (Å²) in [4.78, 5) is 73.6. The Balaban J connectivity index is 1.61. The van der Waals surface area contributed by atoms with Gasteiger partial charge >= 0.3 is 36.1 Å². The highest BCUT2D eigenvalue weighted by Crippen LogP contribution is 2.50. The quantitative estimate of drug-likeness (QED) is 0.0202. The number of hydrogen-bond donors (Lipinski definition) is 2. The summed E-state index contributed by atoms with van der Waals surface area (Å²) in [6.45, 7) is 39.5. The van der Waals surface area contributed by atoms with Crippen molar-refractivity contribution < 1.29 is 70.8 Å². The molecule has 2 N–H and O–H groups in total. The molecule has 0 bridgehead atoms. The Bertz CT molecular complexity index is 1760. The van der Waals surface area contributed by atoms with Gasteiger partial charge in [-0.05, 0) is 138 Å². The SMILES string of the molecule is C=C(C)C(=O)OCCOC(=O)CCC1(C)CC(NC(=O)OCCOCCC[Si](C)(C)C[Si](C)(C)O[Si](C)(C)CCCOCCOC(=O)NC2CC(C)(C)CC(C)(CCC(=O)OCCOC(=O)C(=C)C)C2)CC(C)(C)C1. The van der Waals surface area contributed by atoms with Gasteiger partial charge in [0.15, 0.2) is 16.6 Å². The third-order valence-electron chi connectivity index (χ3n) is 13.8. The maximum absolute atomic E-state index is 12.8. The minimum absolute atomic E-state index is 0.00134. The number of esters is 4. The van der Waals surface area contributed by atoms with Crippen LogP contribution < -0.4 is 10.6 Å². The van der Waals surface area contributed by atoms with Crippen LogP contribution in [0.4, 0.5) is 9.59 Å². The Hall–Kier alpha value is -3.57. The molecule has 0 aromatic rings. The molecule has 0 aromatic heterocycles. The number of carbonyl (C=O) groups is 6. The average molecular weight is 1110 g/mol. The molecule has 2 saturated carbocycles. The maximum atomic E-state index is 12.8. The molecule has 0 spiro atoms. The first kappa shape index (κ1) is 67.5. The van der Waals surface area contributed by atoms with Crippen LogP contribution in [0.25, 0.3) is 0 Å². The first-order chi connectivity index (χ1) is 34.6. The molecule has 2 aliphatic rings. The fourth-order valence-corrected chi connectivity index (χ4v) is 31.3. The molecule has 17 nitrogen and oxygen atoms in total. The van der Waals surface area contributed by atoms with E-state index in [1.54, 1.807) is 13.8 Å².